The molecule has 1 unspecified atom stereocenters. The SMILES string of the molecule is CCC(CN)CC(=O)Nc1cc(Br)ccc1I. The average molecular weight is 411 g/mol. The van der Waals surface area contributed by atoms with Gasteiger partial charge in [-0.2, -0.15) is 0 Å². The van der Waals surface area contributed by atoms with E-state index < -0.39 is 0 Å². The van der Waals surface area contributed by atoms with Crippen LogP contribution in [0.15, 0.2) is 22.7 Å². The van der Waals surface area contributed by atoms with Crippen molar-refractivity contribution in [1.29, 1.82) is 0 Å². The number of amides is 1. The molecule has 1 atom stereocenters. The molecule has 0 spiro atoms. The zero-order chi connectivity index (χ0) is 12.8. The highest BCUT2D eigenvalue weighted by Crippen LogP contribution is 2.23. The van der Waals surface area contributed by atoms with Gasteiger partial charge in [0.2, 0.25) is 5.91 Å². The molecule has 0 aliphatic carbocycles. The van der Waals surface area contributed by atoms with Gasteiger partial charge < -0.3 is 11.1 Å². The molecule has 0 saturated heterocycles. The normalized spacial score (nSPS) is 12.2. The topological polar surface area (TPSA) is 55.1 Å². The van der Waals surface area contributed by atoms with E-state index in [1.165, 1.54) is 0 Å². The molecular formula is C12H16BrIN2O. The molecule has 94 valence electrons. The van der Waals surface area contributed by atoms with Crippen LogP contribution in [-0.4, -0.2) is 12.5 Å². The monoisotopic (exact) mass is 410 g/mol. The van der Waals surface area contributed by atoms with Crippen LogP contribution in [0.5, 0.6) is 0 Å². The van der Waals surface area contributed by atoms with Gasteiger partial charge in [-0.25, -0.2) is 0 Å². The largest absolute Gasteiger partial charge is 0.330 e. The maximum absolute atomic E-state index is 11.8. The summed E-state index contributed by atoms with van der Waals surface area (Å²) in [4.78, 5) is 11.8. The van der Waals surface area contributed by atoms with Gasteiger partial charge in [0.1, 0.15) is 0 Å². The Hall–Kier alpha value is -0.140. The van der Waals surface area contributed by atoms with Crippen molar-refractivity contribution in [3.63, 3.8) is 0 Å². The summed E-state index contributed by atoms with van der Waals surface area (Å²) in [7, 11) is 0. The van der Waals surface area contributed by atoms with E-state index in [0.717, 1.165) is 20.2 Å². The van der Waals surface area contributed by atoms with E-state index in [2.05, 4.69) is 43.8 Å². The van der Waals surface area contributed by atoms with Crippen molar-refractivity contribution < 1.29 is 4.79 Å². The third kappa shape index (κ3) is 4.93. The van der Waals surface area contributed by atoms with Crippen molar-refractivity contribution in [1.82, 2.24) is 0 Å². The molecular weight excluding hydrogens is 395 g/mol. The number of nitrogens with two attached hydrogens (primary N) is 1. The van der Waals surface area contributed by atoms with E-state index in [9.17, 15) is 4.79 Å². The van der Waals surface area contributed by atoms with Gasteiger partial charge in [0.05, 0.1) is 5.69 Å². The van der Waals surface area contributed by atoms with Gasteiger partial charge in [-0.05, 0) is 53.3 Å². The fourth-order valence-electron chi connectivity index (χ4n) is 1.45. The number of hydrogen-bond donors (Lipinski definition) is 2. The number of anilines is 1. The predicted molar refractivity (Wildman–Crippen MR) is 82.9 cm³/mol. The molecule has 1 aromatic carbocycles. The first-order chi connectivity index (χ1) is 8.06. The number of carbonyl (C=O) groups is 1. The molecule has 0 aromatic heterocycles. The van der Waals surface area contributed by atoms with E-state index in [1.807, 2.05) is 25.1 Å². The summed E-state index contributed by atoms with van der Waals surface area (Å²) in [5.74, 6) is 0.290. The van der Waals surface area contributed by atoms with Gasteiger partial charge in [0, 0.05) is 14.5 Å². The van der Waals surface area contributed by atoms with Crippen LogP contribution in [0, 0.1) is 9.49 Å². The number of rotatable bonds is 5. The van der Waals surface area contributed by atoms with E-state index in [0.29, 0.717) is 13.0 Å². The first-order valence-electron chi connectivity index (χ1n) is 5.51. The van der Waals surface area contributed by atoms with Gasteiger partial charge in [0.15, 0.2) is 0 Å². The van der Waals surface area contributed by atoms with Crippen LogP contribution in [0.2, 0.25) is 0 Å². The molecule has 0 heterocycles. The third-order valence-electron chi connectivity index (χ3n) is 2.59. The number of benzene rings is 1. The number of halogens is 2. The quantitative estimate of drug-likeness (QED) is 0.731. The second-order valence-electron chi connectivity index (χ2n) is 3.89. The molecule has 0 radical (unpaired) electrons. The summed E-state index contributed by atoms with van der Waals surface area (Å²) < 4.78 is 1.99. The molecule has 0 bridgehead atoms. The molecule has 1 amide bonds. The standard InChI is InChI=1S/C12H16BrIN2O/c1-2-8(7-15)5-12(17)16-11-6-9(13)3-4-10(11)14/h3-4,6,8H,2,5,7,15H2,1H3,(H,16,17). The van der Waals surface area contributed by atoms with Crippen molar-refractivity contribution in [3.05, 3.63) is 26.2 Å². The van der Waals surface area contributed by atoms with E-state index >= 15 is 0 Å². The molecule has 3 N–H and O–H groups in total. The molecule has 0 aliphatic rings. The molecule has 0 aliphatic heterocycles. The molecule has 5 heteroatoms. The van der Waals surface area contributed by atoms with Crippen LogP contribution in [0.4, 0.5) is 5.69 Å². The van der Waals surface area contributed by atoms with E-state index in [-0.39, 0.29) is 11.8 Å². The molecule has 0 saturated carbocycles. The Morgan fingerprint density at radius 2 is 2.29 bits per heavy atom. The lowest BCUT2D eigenvalue weighted by molar-refractivity contribution is -0.117. The highest BCUT2D eigenvalue weighted by Gasteiger charge is 2.11. The van der Waals surface area contributed by atoms with E-state index in [4.69, 9.17) is 5.73 Å². The maximum atomic E-state index is 11.8. The fraction of sp³-hybridized carbons (Fsp3) is 0.417. The van der Waals surface area contributed by atoms with Gasteiger partial charge in [-0.3, -0.25) is 4.79 Å². The Morgan fingerprint density at radius 1 is 1.59 bits per heavy atom. The summed E-state index contributed by atoms with van der Waals surface area (Å²) >= 11 is 5.59. The molecule has 0 fully saturated rings. The smallest absolute Gasteiger partial charge is 0.224 e. The van der Waals surface area contributed by atoms with Crippen LogP contribution in [0.1, 0.15) is 19.8 Å². The third-order valence-corrected chi connectivity index (χ3v) is 4.02. The summed E-state index contributed by atoms with van der Waals surface area (Å²) in [6.45, 7) is 2.60. The highest BCUT2D eigenvalue weighted by atomic mass is 127. The predicted octanol–water partition coefficient (Wildman–Crippen LogP) is 3.37. The summed E-state index contributed by atoms with van der Waals surface area (Å²) in [6.07, 6.45) is 1.41. The summed E-state index contributed by atoms with van der Waals surface area (Å²) in [5, 5.41) is 2.92. The first kappa shape index (κ1) is 14.9. The minimum absolute atomic E-state index is 0.0262. The van der Waals surface area contributed by atoms with Crippen LogP contribution in [0.25, 0.3) is 0 Å². The van der Waals surface area contributed by atoms with Crippen LogP contribution < -0.4 is 11.1 Å². The molecule has 3 nitrogen and oxygen atoms in total. The second-order valence-corrected chi connectivity index (χ2v) is 5.96. The van der Waals surface area contributed by atoms with Gasteiger partial charge in [-0.15, -0.1) is 0 Å². The minimum atomic E-state index is 0.0262. The van der Waals surface area contributed by atoms with Crippen molar-refractivity contribution in [2.24, 2.45) is 11.7 Å². The number of nitrogens with one attached hydrogen (secondary N) is 1. The number of carbonyl (C=O) groups excluding carboxylic acids is 1. The Kier molecular flexibility index (Phi) is 6.43. The first-order valence-corrected chi connectivity index (χ1v) is 7.39. The number of hydrogen-bond acceptors (Lipinski definition) is 2. The van der Waals surface area contributed by atoms with Gasteiger partial charge in [0.25, 0.3) is 0 Å². The van der Waals surface area contributed by atoms with Gasteiger partial charge >= 0.3 is 0 Å². The Balaban J connectivity index is 2.64. The van der Waals surface area contributed by atoms with Gasteiger partial charge in [-0.1, -0.05) is 29.3 Å². The fourth-order valence-corrected chi connectivity index (χ4v) is 2.28. The minimum Gasteiger partial charge on any atom is -0.330 e. The van der Waals surface area contributed by atoms with Crippen LogP contribution in [0.3, 0.4) is 0 Å². The van der Waals surface area contributed by atoms with E-state index in [1.54, 1.807) is 0 Å². The maximum Gasteiger partial charge on any atom is 0.224 e. The molecule has 17 heavy (non-hydrogen) atoms. The molecule has 1 rings (SSSR count). The van der Waals surface area contributed by atoms with Crippen molar-refractivity contribution in [2.45, 2.75) is 19.8 Å². The zero-order valence-electron chi connectivity index (χ0n) is 9.67. The Labute approximate surface area is 124 Å². The van der Waals surface area contributed by atoms with Crippen LogP contribution >= 0.6 is 38.5 Å². The highest BCUT2D eigenvalue weighted by molar-refractivity contribution is 14.1. The second kappa shape index (κ2) is 7.33. The molecule has 1 aromatic rings. The summed E-state index contributed by atoms with van der Waals surface area (Å²) in [6, 6.07) is 5.82. The Morgan fingerprint density at radius 3 is 2.88 bits per heavy atom. The lowest BCUT2D eigenvalue weighted by atomic mass is 10.0. The zero-order valence-corrected chi connectivity index (χ0v) is 13.4. The summed E-state index contributed by atoms with van der Waals surface area (Å²) in [5.41, 5.74) is 6.43. The van der Waals surface area contributed by atoms with Crippen LogP contribution in [-0.2, 0) is 4.79 Å². The van der Waals surface area contributed by atoms with Crippen molar-refractivity contribution in [2.75, 3.05) is 11.9 Å². The average Bonchev–Trinajstić information content (AvgIpc) is 2.31. The Bertz CT molecular complexity index is 394. The van der Waals surface area contributed by atoms with Crippen molar-refractivity contribution in [3.8, 4) is 0 Å². The lowest BCUT2D eigenvalue weighted by Gasteiger charge is -2.13. The van der Waals surface area contributed by atoms with Crippen molar-refractivity contribution >= 4 is 50.1 Å². The lowest BCUT2D eigenvalue weighted by Crippen LogP contribution is -2.22.